The van der Waals surface area contributed by atoms with Crippen LogP contribution in [0.3, 0.4) is 0 Å². The highest BCUT2D eigenvalue weighted by Crippen LogP contribution is 2.34. The molecule has 1 unspecified atom stereocenters. The van der Waals surface area contributed by atoms with Crippen LogP contribution in [-0.4, -0.2) is 49.0 Å². The number of nitrogens with zero attached hydrogens (tertiary/aromatic N) is 2. The Morgan fingerprint density at radius 1 is 1.43 bits per heavy atom. The number of halogens is 2. The number of anilines is 1. The molecule has 0 aromatic heterocycles. The van der Waals surface area contributed by atoms with Crippen molar-refractivity contribution < 1.29 is 14.3 Å². The number of benzene rings is 1. The molecule has 126 valence electrons. The fraction of sp³-hybridized carbons (Fsp3) is 0.467. The molecular formula is C15H19BrClN3O3. The summed E-state index contributed by atoms with van der Waals surface area (Å²) >= 11 is 3.38. The third-order valence-corrected chi connectivity index (χ3v) is 4.48. The van der Waals surface area contributed by atoms with Gasteiger partial charge in [-0.2, -0.15) is 0 Å². The molecule has 2 amide bonds. The van der Waals surface area contributed by atoms with Gasteiger partial charge in [-0.3, -0.25) is 9.59 Å². The summed E-state index contributed by atoms with van der Waals surface area (Å²) in [5, 5.41) is 0. The van der Waals surface area contributed by atoms with E-state index in [2.05, 4.69) is 15.9 Å². The molecule has 6 nitrogen and oxygen atoms in total. The second-order valence-electron chi connectivity index (χ2n) is 5.58. The zero-order chi connectivity index (χ0) is 15.7. The number of carbonyl (C=O) groups excluding carboxylic acids is 2. The maximum absolute atomic E-state index is 12.2. The number of fused-ring (bicyclic) bond motifs is 1. The van der Waals surface area contributed by atoms with E-state index in [9.17, 15) is 9.59 Å². The minimum absolute atomic E-state index is 0. The van der Waals surface area contributed by atoms with Crippen molar-refractivity contribution >= 4 is 45.8 Å². The highest BCUT2D eigenvalue weighted by atomic mass is 79.9. The van der Waals surface area contributed by atoms with Crippen molar-refractivity contribution in [1.29, 1.82) is 0 Å². The zero-order valence-electron chi connectivity index (χ0n) is 12.5. The van der Waals surface area contributed by atoms with Crippen molar-refractivity contribution in [2.75, 3.05) is 31.1 Å². The summed E-state index contributed by atoms with van der Waals surface area (Å²) in [7, 11) is 0. The van der Waals surface area contributed by atoms with Gasteiger partial charge in [0.25, 0.3) is 5.91 Å². The first-order valence-electron chi connectivity index (χ1n) is 7.30. The van der Waals surface area contributed by atoms with E-state index in [1.54, 1.807) is 9.80 Å². The number of hydrogen-bond donors (Lipinski definition) is 1. The van der Waals surface area contributed by atoms with Crippen LogP contribution in [0.15, 0.2) is 22.7 Å². The molecule has 1 aromatic carbocycles. The van der Waals surface area contributed by atoms with Gasteiger partial charge in [0.05, 0.1) is 5.69 Å². The molecule has 1 atom stereocenters. The Morgan fingerprint density at radius 2 is 2.22 bits per heavy atom. The van der Waals surface area contributed by atoms with E-state index < -0.39 is 0 Å². The van der Waals surface area contributed by atoms with E-state index in [1.807, 2.05) is 18.2 Å². The summed E-state index contributed by atoms with van der Waals surface area (Å²) in [6.45, 7) is 1.69. The third kappa shape index (κ3) is 3.97. The van der Waals surface area contributed by atoms with Crippen molar-refractivity contribution in [3.05, 3.63) is 22.7 Å². The Morgan fingerprint density at radius 3 is 2.91 bits per heavy atom. The number of ether oxygens (including phenoxy) is 1. The second kappa shape index (κ2) is 7.51. The molecule has 3 rings (SSSR count). The summed E-state index contributed by atoms with van der Waals surface area (Å²) < 4.78 is 6.33. The van der Waals surface area contributed by atoms with E-state index in [0.717, 1.165) is 10.9 Å². The molecule has 0 bridgehead atoms. The quantitative estimate of drug-likeness (QED) is 0.829. The van der Waals surface area contributed by atoms with Gasteiger partial charge in [-0.25, -0.2) is 0 Å². The lowest BCUT2D eigenvalue weighted by Crippen LogP contribution is -2.41. The van der Waals surface area contributed by atoms with Gasteiger partial charge in [-0.05, 0) is 24.6 Å². The SMILES string of the molecule is Cl.NC1CCN(C(=O)CCN2C(=O)COc3cc(Br)ccc32)C1. The normalized spacial score (nSPS) is 19.9. The number of amides is 2. The van der Waals surface area contributed by atoms with E-state index >= 15 is 0 Å². The predicted molar refractivity (Wildman–Crippen MR) is 93.0 cm³/mol. The number of rotatable bonds is 3. The second-order valence-corrected chi connectivity index (χ2v) is 6.50. The van der Waals surface area contributed by atoms with E-state index in [0.29, 0.717) is 37.5 Å². The topological polar surface area (TPSA) is 75.9 Å². The van der Waals surface area contributed by atoms with Gasteiger partial charge >= 0.3 is 0 Å². The summed E-state index contributed by atoms with van der Waals surface area (Å²) in [6.07, 6.45) is 1.15. The van der Waals surface area contributed by atoms with Gasteiger partial charge in [-0.1, -0.05) is 15.9 Å². The lowest BCUT2D eigenvalue weighted by atomic mass is 10.2. The van der Waals surface area contributed by atoms with Crippen LogP contribution in [0.5, 0.6) is 5.75 Å². The lowest BCUT2D eigenvalue weighted by Gasteiger charge is -2.29. The Bertz CT molecular complexity index is 614. The molecule has 2 N–H and O–H groups in total. The standard InChI is InChI=1S/C15H18BrN3O3.ClH/c16-10-1-2-12-13(7-10)22-9-15(21)19(12)6-4-14(20)18-5-3-11(17)8-18;/h1-2,7,11H,3-6,8-9,17H2;1H. The maximum atomic E-state index is 12.2. The van der Waals surface area contributed by atoms with Gasteiger partial charge < -0.3 is 20.3 Å². The van der Waals surface area contributed by atoms with Crippen molar-refractivity contribution in [2.24, 2.45) is 5.73 Å². The Hall–Kier alpha value is -1.31. The van der Waals surface area contributed by atoms with E-state index in [1.165, 1.54) is 0 Å². The van der Waals surface area contributed by atoms with Gasteiger partial charge in [0.15, 0.2) is 6.61 Å². The number of hydrogen-bond acceptors (Lipinski definition) is 4. The van der Waals surface area contributed by atoms with Crippen molar-refractivity contribution in [3.63, 3.8) is 0 Å². The summed E-state index contributed by atoms with van der Waals surface area (Å²) in [5.41, 5.74) is 6.54. The monoisotopic (exact) mass is 403 g/mol. The molecule has 0 spiro atoms. The average molecular weight is 405 g/mol. The number of nitrogens with two attached hydrogens (primary N) is 1. The van der Waals surface area contributed by atoms with Crippen LogP contribution in [0.4, 0.5) is 5.69 Å². The molecule has 8 heteroatoms. The van der Waals surface area contributed by atoms with Crippen LogP contribution >= 0.6 is 28.3 Å². The predicted octanol–water partition coefficient (Wildman–Crippen LogP) is 1.55. The largest absolute Gasteiger partial charge is 0.482 e. The summed E-state index contributed by atoms with van der Waals surface area (Å²) in [4.78, 5) is 27.7. The molecule has 1 fully saturated rings. The van der Waals surface area contributed by atoms with Crippen LogP contribution < -0.4 is 15.4 Å². The minimum atomic E-state index is -0.124. The first-order valence-corrected chi connectivity index (χ1v) is 8.10. The van der Waals surface area contributed by atoms with Crippen LogP contribution in [0, 0.1) is 0 Å². The molecular weight excluding hydrogens is 386 g/mol. The van der Waals surface area contributed by atoms with E-state index in [-0.39, 0.29) is 36.9 Å². The molecule has 1 aromatic rings. The smallest absolute Gasteiger partial charge is 0.265 e. The molecule has 2 aliphatic rings. The highest BCUT2D eigenvalue weighted by molar-refractivity contribution is 9.10. The fourth-order valence-corrected chi connectivity index (χ4v) is 3.14. The molecule has 23 heavy (non-hydrogen) atoms. The Labute approximate surface area is 149 Å². The maximum Gasteiger partial charge on any atom is 0.265 e. The van der Waals surface area contributed by atoms with Gasteiger partial charge in [0.2, 0.25) is 5.91 Å². The zero-order valence-corrected chi connectivity index (χ0v) is 14.9. The summed E-state index contributed by atoms with van der Waals surface area (Å²) in [6, 6.07) is 5.59. The average Bonchev–Trinajstić information content (AvgIpc) is 2.93. The van der Waals surface area contributed by atoms with Crippen LogP contribution in [-0.2, 0) is 9.59 Å². The molecule has 0 radical (unpaired) electrons. The molecule has 2 aliphatic heterocycles. The van der Waals surface area contributed by atoms with Crippen molar-refractivity contribution in [3.8, 4) is 5.75 Å². The third-order valence-electron chi connectivity index (χ3n) is 3.99. The molecule has 0 saturated carbocycles. The van der Waals surface area contributed by atoms with Crippen LogP contribution in [0.1, 0.15) is 12.8 Å². The summed E-state index contributed by atoms with van der Waals surface area (Å²) in [5.74, 6) is 0.580. The Kier molecular flexibility index (Phi) is 5.89. The first-order chi connectivity index (χ1) is 10.5. The number of carbonyl (C=O) groups is 2. The highest BCUT2D eigenvalue weighted by Gasteiger charge is 2.28. The first kappa shape index (κ1) is 18.0. The van der Waals surface area contributed by atoms with Crippen molar-refractivity contribution in [2.45, 2.75) is 18.9 Å². The van der Waals surface area contributed by atoms with Crippen molar-refractivity contribution in [1.82, 2.24) is 4.90 Å². The molecule has 1 saturated heterocycles. The van der Waals surface area contributed by atoms with Crippen LogP contribution in [0.2, 0.25) is 0 Å². The number of likely N-dealkylation sites (tertiary alicyclic amines) is 1. The Balaban J connectivity index is 0.00000192. The minimum Gasteiger partial charge on any atom is -0.482 e. The molecule has 0 aliphatic carbocycles. The van der Waals surface area contributed by atoms with Gasteiger partial charge in [0.1, 0.15) is 5.75 Å². The van der Waals surface area contributed by atoms with Gasteiger partial charge in [0, 0.05) is 36.6 Å². The van der Waals surface area contributed by atoms with E-state index in [4.69, 9.17) is 10.5 Å². The van der Waals surface area contributed by atoms with Gasteiger partial charge in [-0.15, -0.1) is 12.4 Å². The lowest BCUT2D eigenvalue weighted by molar-refractivity contribution is -0.130. The fourth-order valence-electron chi connectivity index (χ4n) is 2.80. The molecule has 2 heterocycles. The van der Waals surface area contributed by atoms with Crippen LogP contribution in [0.25, 0.3) is 0 Å².